The van der Waals surface area contributed by atoms with Gasteiger partial charge in [-0.15, -0.1) is 0 Å². The number of rotatable bonds is 4. The average Bonchev–Trinajstić information content (AvgIpc) is 2.82. The van der Waals surface area contributed by atoms with Crippen molar-refractivity contribution in [3.05, 3.63) is 53.6 Å². The van der Waals surface area contributed by atoms with Crippen molar-refractivity contribution in [3.63, 3.8) is 0 Å². The number of amides is 2. The minimum atomic E-state index is -1.34. The number of carboxylic acid groups (broad SMARTS) is 1. The molecule has 1 fully saturated rings. The molecule has 0 radical (unpaired) electrons. The SMILES string of the molecule is Cc1cccc(NC2CC(=O)N(c3ccc(O)c(C(=O)O)c3)C2=O)c1. The minimum Gasteiger partial charge on any atom is -0.507 e. The molecular weight excluding hydrogens is 324 g/mol. The maximum Gasteiger partial charge on any atom is 0.339 e. The number of nitrogens with one attached hydrogen (secondary N) is 1. The van der Waals surface area contributed by atoms with Crippen LogP contribution in [0.25, 0.3) is 0 Å². The Morgan fingerprint density at radius 2 is 1.96 bits per heavy atom. The fourth-order valence-corrected chi connectivity index (χ4v) is 2.79. The molecule has 1 saturated heterocycles. The van der Waals surface area contributed by atoms with E-state index < -0.39 is 29.6 Å². The standard InChI is InChI=1S/C18H16N2O5/c1-10-3-2-4-11(7-10)19-14-9-16(22)20(17(14)23)12-5-6-15(21)13(8-12)18(24)25/h2-8,14,19,21H,9H2,1H3,(H,24,25). The lowest BCUT2D eigenvalue weighted by Gasteiger charge is -2.17. The number of aryl methyl sites for hydroxylation is 1. The summed E-state index contributed by atoms with van der Waals surface area (Å²) in [4.78, 5) is 37.0. The molecule has 0 aromatic heterocycles. The van der Waals surface area contributed by atoms with Gasteiger partial charge in [0.25, 0.3) is 5.91 Å². The van der Waals surface area contributed by atoms with Crippen LogP contribution in [-0.2, 0) is 9.59 Å². The zero-order valence-electron chi connectivity index (χ0n) is 13.4. The molecule has 1 atom stereocenters. The highest BCUT2D eigenvalue weighted by Gasteiger charge is 2.40. The molecule has 25 heavy (non-hydrogen) atoms. The van der Waals surface area contributed by atoms with E-state index in [-0.39, 0.29) is 17.7 Å². The summed E-state index contributed by atoms with van der Waals surface area (Å²) < 4.78 is 0. The lowest BCUT2D eigenvalue weighted by Crippen LogP contribution is -2.34. The molecule has 0 bridgehead atoms. The normalized spacial score (nSPS) is 17.0. The van der Waals surface area contributed by atoms with Crippen LogP contribution in [0.3, 0.4) is 0 Å². The fourth-order valence-electron chi connectivity index (χ4n) is 2.79. The largest absolute Gasteiger partial charge is 0.507 e. The van der Waals surface area contributed by atoms with Crippen LogP contribution < -0.4 is 10.2 Å². The second-order valence-corrected chi connectivity index (χ2v) is 5.84. The highest BCUT2D eigenvalue weighted by molar-refractivity contribution is 6.23. The lowest BCUT2D eigenvalue weighted by molar-refractivity contribution is -0.121. The predicted molar refractivity (Wildman–Crippen MR) is 90.8 cm³/mol. The number of imide groups is 1. The van der Waals surface area contributed by atoms with Gasteiger partial charge in [-0.1, -0.05) is 12.1 Å². The Hall–Kier alpha value is -3.35. The molecule has 3 N–H and O–H groups in total. The third kappa shape index (κ3) is 3.16. The van der Waals surface area contributed by atoms with E-state index in [1.807, 2.05) is 25.1 Å². The van der Waals surface area contributed by atoms with Gasteiger partial charge in [-0.25, -0.2) is 9.69 Å². The first kappa shape index (κ1) is 16.5. The zero-order valence-corrected chi connectivity index (χ0v) is 13.4. The van der Waals surface area contributed by atoms with Gasteiger partial charge >= 0.3 is 5.97 Å². The summed E-state index contributed by atoms with van der Waals surface area (Å²) in [5, 5.41) is 21.7. The Bertz CT molecular complexity index is 878. The maximum atomic E-state index is 12.6. The Labute approximate surface area is 143 Å². The second kappa shape index (κ2) is 6.27. The molecule has 0 aliphatic carbocycles. The number of aromatic hydroxyl groups is 1. The highest BCUT2D eigenvalue weighted by atomic mass is 16.4. The summed E-state index contributed by atoms with van der Waals surface area (Å²) in [5.41, 5.74) is 1.50. The molecule has 128 valence electrons. The summed E-state index contributed by atoms with van der Waals surface area (Å²) in [7, 11) is 0. The molecular formula is C18H16N2O5. The molecule has 3 rings (SSSR count). The number of nitrogens with zero attached hydrogens (tertiary/aromatic N) is 1. The number of hydrogen-bond donors (Lipinski definition) is 3. The molecule has 1 aliphatic rings. The van der Waals surface area contributed by atoms with Gasteiger partial charge in [-0.3, -0.25) is 9.59 Å². The number of benzene rings is 2. The van der Waals surface area contributed by atoms with E-state index in [1.165, 1.54) is 6.07 Å². The number of hydrogen-bond acceptors (Lipinski definition) is 5. The van der Waals surface area contributed by atoms with Gasteiger partial charge in [0.2, 0.25) is 5.91 Å². The molecule has 1 aliphatic heterocycles. The third-order valence-corrected chi connectivity index (χ3v) is 3.97. The van der Waals surface area contributed by atoms with E-state index in [0.29, 0.717) is 0 Å². The molecule has 1 unspecified atom stereocenters. The summed E-state index contributed by atoms with van der Waals surface area (Å²) in [6, 6.07) is 10.3. The molecule has 0 spiro atoms. The van der Waals surface area contributed by atoms with Gasteiger partial charge < -0.3 is 15.5 Å². The van der Waals surface area contributed by atoms with Gasteiger partial charge in [-0.2, -0.15) is 0 Å². The summed E-state index contributed by atoms with van der Waals surface area (Å²) >= 11 is 0. The van der Waals surface area contributed by atoms with E-state index in [2.05, 4.69) is 5.32 Å². The second-order valence-electron chi connectivity index (χ2n) is 5.84. The number of carbonyl (C=O) groups is 3. The summed E-state index contributed by atoms with van der Waals surface area (Å²) in [6.07, 6.45) is -0.0317. The number of aromatic carboxylic acids is 1. The van der Waals surface area contributed by atoms with E-state index in [4.69, 9.17) is 5.11 Å². The number of phenols is 1. The summed E-state index contributed by atoms with van der Waals surface area (Å²) in [5.74, 6) is -2.66. The van der Waals surface area contributed by atoms with Crippen molar-refractivity contribution in [3.8, 4) is 5.75 Å². The summed E-state index contributed by atoms with van der Waals surface area (Å²) in [6.45, 7) is 1.92. The van der Waals surface area contributed by atoms with Crippen molar-refractivity contribution in [2.24, 2.45) is 0 Å². The van der Waals surface area contributed by atoms with Crippen molar-refractivity contribution >= 4 is 29.2 Å². The van der Waals surface area contributed by atoms with Crippen LogP contribution in [0.4, 0.5) is 11.4 Å². The first-order chi connectivity index (χ1) is 11.9. The van der Waals surface area contributed by atoms with Crippen molar-refractivity contribution in [2.45, 2.75) is 19.4 Å². The molecule has 2 aromatic carbocycles. The zero-order chi connectivity index (χ0) is 18.1. The van der Waals surface area contributed by atoms with Gasteiger partial charge in [-0.05, 0) is 42.8 Å². The number of carboxylic acids is 1. The third-order valence-electron chi connectivity index (χ3n) is 3.97. The van der Waals surface area contributed by atoms with Gasteiger partial charge in [0.15, 0.2) is 0 Å². The predicted octanol–water partition coefficient (Wildman–Crippen LogP) is 2.14. The van der Waals surface area contributed by atoms with Gasteiger partial charge in [0.1, 0.15) is 17.4 Å². The Morgan fingerprint density at radius 1 is 1.20 bits per heavy atom. The highest BCUT2D eigenvalue weighted by Crippen LogP contribution is 2.29. The van der Waals surface area contributed by atoms with Crippen molar-refractivity contribution in [1.29, 1.82) is 0 Å². The number of carbonyl (C=O) groups excluding carboxylic acids is 2. The lowest BCUT2D eigenvalue weighted by atomic mass is 10.1. The molecule has 2 aromatic rings. The van der Waals surface area contributed by atoms with Crippen molar-refractivity contribution in [2.75, 3.05) is 10.2 Å². The molecule has 0 saturated carbocycles. The van der Waals surface area contributed by atoms with Gasteiger partial charge in [0, 0.05) is 5.69 Å². The Morgan fingerprint density at radius 3 is 2.64 bits per heavy atom. The van der Waals surface area contributed by atoms with E-state index in [9.17, 15) is 19.5 Å². The van der Waals surface area contributed by atoms with Crippen LogP contribution in [0, 0.1) is 6.92 Å². The first-order valence-electron chi connectivity index (χ1n) is 7.63. The Balaban J connectivity index is 1.87. The average molecular weight is 340 g/mol. The molecule has 1 heterocycles. The van der Waals surface area contributed by atoms with Crippen LogP contribution in [0.1, 0.15) is 22.3 Å². The van der Waals surface area contributed by atoms with E-state index in [1.54, 1.807) is 6.07 Å². The topological polar surface area (TPSA) is 107 Å². The van der Waals surface area contributed by atoms with E-state index in [0.717, 1.165) is 28.3 Å². The number of anilines is 2. The van der Waals surface area contributed by atoms with Crippen LogP contribution >= 0.6 is 0 Å². The smallest absolute Gasteiger partial charge is 0.339 e. The first-order valence-corrected chi connectivity index (χ1v) is 7.63. The fraction of sp³-hybridized carbons (Fsp3) is 0.167. The van der Waals surface area contributed by atoms with Crippen molar-refractivity contribution < 1.29 is 24.6 Å². The van der Waals surface area contributed by atoms with Crippen LogP contribution in [0.15, 0.2) is 42.5 Å². The maximum absolute atomic E-state index is 12.6. The van der Waals surface area contributed by atoms with Crippen molar-refractivity contribution in [1.82, 2.24) is 0 Å². The molecule has 7 heteroatoms. The van der Waals surface area contributed by atoms with Crippen LogP contribution in [0.5, 0.6) is 5.75 Å². The van der Waals surface area contributed by atoms with Crippen LogP contribution in [0.2, 0.25) is 0 Å². The minimum absolute atomic E-state index is 0.0317. The molecule has 2 amide bonds. The van der Waals surface area contributed by atoms with Crippen LogP contribution in [-0.4, -0.2) is 34.0 Å². The quantitative estimate of drug-likeness (QED) is 0.736. The van der Waals surface area contributed by atoms with Gasteiger partial charge in [0.05, 0.1) is 12.1 Å². The van der Waals surface area contributed by atoms with E-state index >= 15 is 0 Å². The monoisotopic (exact) mass is 340 g/mol. The Kier molecular flexibility index (Phi) is 4.14. The molecule has 7 nitrogen and oxygen atoms in total.